The molecule has 0 aliphatic carbocycles. The summed E-state index contributed by atoms with van der Waals surface area (Å²) in [5.74, 6) is -1.17. The van der Waals surface area contributed by atoms with Gasteiger partial charge in [-0.2, -0.15) is 0 Å². The van der Waals surface area contributed by atoms with Crippen LogP contribution in [0.2, 0.25) is 5.02 Å². The lowest BCUT2D eigenvalue weighted by Crippen LogP contribution is -2.44. The summed E-state index contributed by atoms with van der Waals surface area (Å²) in [4.78, 5) is 36.6. The van der Waals surface area contributed by atoms with Crippen molar-refractivity contribution < 1.29 is 14.4 Å². The van der Waals surface area contributed by atoms with E-state index in [2.05, 4.69) is 16.0 Å². The molecule has 1 aliphatic heterocycles. The summed E-state index contributed by atoms with van der Waals surface area (Å²) in [5, 5.41) is 8.52. The summed E-state index contributed by atoms with van der Waals surface area (Å²) in [6.45, 7) is 0.251. The molecular formula is C18H16ClN3O3. The van der Waals surface area contributed by atoms with Crippen LogP contribution in [0.5, 0.6) is 0 Å². The molecule has 128 valence electrons. The Labute approximate surface area is 149 Å². The summed E-state index contributed by atoms with van der Waals surface area (Å²) in [7, 11) is 0. The van der Waals surface area contributed by atoms with Gasteiger partial charge < -0.3 is 16.0 Å². The number of hydrogen-bond acceptors (Lipinski definition) is 3. The van der Waals surface area contributed by atoms with Crippen LogP contribution in [-0.4, -0.2) is 23.8 Å². The van der Waals surface area contributed by atoms with Gasteiger partial charge in [0.05, 0.1) is 17.7 Å². The van der Waals surface area contributed by atoms with Crippen molar-refractivity contribution in [2.75, 3.05) is 5.32 Å². The van der Waals surface area contributed by atoms with E-state index in [1.54, 1.807) is 42.5 Å². The van der Waals surface area contributed by atoms with E-state index in [0.29, 0.717) is 16.3 Å². The summed E-state index contributed by atoms with van der Waals surface area (Å²) in [6, 6.07) is 12.9. The molecule has 0 unspecified atom stereocenters. The Bertz CT molecular complexity index is 838. The topological polar surface area (TPSA) is 87.3 Å². The van der Waals surface area contributed by atoms with Crippen molar-refractivity contribution in [1.82, 2.24) is 10.6 Å². The maximum absolute atomic E-state index is 12.3. The molecule has 6 nitrogen and oxygen atoms in total. The van der Waals surface area contributed by atoms with Crippen LogP contribution in [0.4, 0.5) is 5.69 Å². The minimum atomic E-state index is -0.939. The molecule has 2 aromatic rings. The van der Waals surface area contributed by atoms with Crippen LogP contribution in [0.25, 0.3) is 0 Å². The maximum atomic E-state index is 12.3. The van der Waals surface area contributed by atoms with Gasteiger partial charge in [-0.05, 0) is 23.8 Å². The largest absolute Gasteiger partial charge is 0.352 e. The second kappa shape index (κ2) is 7.36. The second-order valence-electron chi connectivity index (χ2n) is 5.63. The third kappa shape index (κ3) is 3.97. The van der Waals surface area contributed by atoms with Crippen LogP contribution in [-0.2, 0) is 16.1 Å². The Hall–Kier alpha value is -2.86. The fourth-order valence-electron chi connectivity index (χ4n) is 2.55. The van der Waals surface area contributed by atoms with Crippen LogP contribution >= 0.6 is 11.6 Å². The third-order valence-corrected chi connectivity index (χ3v) is 4.24. The molecule has 0 saturated heterocycles. The summed E-state index contributed by atoms with van der Waals surface area (Å²) in [5.41, 5.74) is 1.58. The van der Waals surface area contributed by atoms with Gasteiger partial charge in [0.25, 0.3) is 5.91 Å². The molecule has 3 rings (SSSR count). The summed E-state index contributed by atoms with van der Waals surface area (Å²) in [6.07, 6.45) is -0.157. The molecule has 25 heavy (non-hydrogen) atoms. The molecule has 3 amide bonds. The highest BCUT2D eigenvalue weighted by Gasteiger charge is 2.29. The summed E-state index contributed by atoms with van der Waals surface area (Å²) >= 11 is 6.04. The predicted octanol–water partition coefficient (Wildman–Crippen LogP) is 2.10. The Kier molecular flexibility index (Phi) is 5.00. The van der Waals surface area contributed by atoms with Crippen LogP contribution in [0.1, 0.15) is 22.3 Å². The molecule has 0 aromatic heterocycles. The first-order chi connectivity index (χ1) is 12.0. The quantitative estimate of drug-likeness (QED) is 0.783. The van der Waals surface area contributed by atoms with E-state index < -0.39 is 17.9 Å². The van der Waals surface area contributed by atoms with Gasteiger partial charge in [0.2, 0.25) is 11.8 Å². The van der Waals surface area contributed by atoms with Crippen molar-refractivity contribution in [2.45, 2.75) is 19.0 Å². The average molecular weight is 358 g/mol. The molecule has 0 fully saturated rings. The highest BCUT2D eigenvalue weighted by atomic mass is 35.5. The monoisotopic (exact) mass is 357 g/mol. The molecule has 0 radical (unpaired) electrons. The zero-order valence-electron chi connectivity index (χ0n) is 13.2. The lowest BCUT2D eigenvalue weighted by molar-refractivity contribution is -0.125. The van der Waals surface area contributed by atoms with E-state index in [9.17, 15) is 14.4 Å². The molecule has 1 atom stereocenters. The van der Waals surface area contributed by atoms with Gasteiger partial charge in [0.1, 0.15) is 6.04 Å². The maximum Gasteiger partial charge on any atom is 0.254 e. The van der Waals surface area contributed by atoms with E-state index in [1.807, 2.05) is 6.07 Å². The number of amides is 3. The first-order valence-electron chi connectivity index (χ1n) is 7.75. The fourth-order valence-corrected chi connectivity index (χ4v) is 2.75. The predicted molar refractivity (Wildman–Crippen MR) is 94.2 cm³/mol. The Morgan fingerprint density at radius 2 is 1.80 bits per heavy atom. The van der Waals surface area contributed by atoms with Gasteiger partial charge >= 0.3 is 0 Å². The average Bonchev–Trinajstić information content (AvgIpc) is 2.71. The van der Waals surface area contributed by atoms with Crippen molar-refractivity contribution >= 4 is 35.0 Å². The minimum Gasteiger partial charge on any atom is -0.352 e. The van der Waals surface area contributed by atoms with Crippen LogP contribution in [0, 0.1) is 0 Å². The van der Waals surface area contributed by atoms with Crippen LogP contribution in [0.3, 0.4) is 0 Å². The van der Waals surface area contributed by atoms with Gasteiger partial charge in [-0.15, -0.1) is 0 Å². The van der Waals surface area contributed by atoms with E-state index in [-0.39, 0.29) is 18.9 Å². The van der Waals surface area contributed by atoms with Crippen molar-refractivity contribution in [3.8, 4) is 0 Å². The molecule has 0 spiro atoms. The molecular weight excluding hydrogens is 342 g/mol. The standard InChI is InChI=1S/C18H16ClN3O3/c19-13-7-3-1-5-11(13)10-20-16(23)9-15-18(25)21-14-8-4-2-6-12(14)17(24)22-15/h1-8,15H,9-10H2,(H,20,23)(H,21,25)(H,22,24)/t15-/m1/s1. The van der Waals surface area contributed by atoms with Gasteiger partial charge in [-0.1, -0.05) is 41.9 Å². The second-order valence-corrected chi connectivity index (χ2v) is 6.04. The van der Waals surface area contributed by atoms with E-state index in [0.717, 1.165) is 5.56 Å². The molecule has 2 aromatic carbocycles. The van der Waals surface area contributed by atoms with Crippen molar-refractivity contribution in [1.29, 1.82) is 0 Å². The molecule has 0 saturated carbocycles. The smallest absolute Gasteiger partial charge is 0.254 e. The van der Waals surface area contributed by atoms with Gasteiger partial charge in [-0.25, -0.2) is 0 Å². The number of halogens is 1. The van der Waals surface area contributed by atoms with Gasteiger partial charge in [0, 0.05) is 11.6 Å². The molecule has 1 heterocycles. The van der Waals surface area contributed by atoms with Crippen LogP contribution in [0.15, 0.2) is 48.5 Å². The zero-order valence-corrected chi connectivity index (χ0v) is 14.0. The molecule has 3 N–H and O–H groups in total. The fraction of sp³-hybridized carbons (Fsp3) is 0.167. The van der Waals surface area contributed by atoms with Crippen molar-refractivity contribution in [3.63, 3.8) is 0 Å². The number of hydrogen-bond donors (Lipinski definition) is 3. The number of rotatable bonds is 4. The number of para-hydroxylation sites is 1. The van der Waals surface area contributed by atoms with E-state index in [1.165, 1.54) is 0 Å². The Balaban J connectivity index is 1.63. The number of benzene rings is 2. The SMILES string of the molecule is O=C(C[C@H]1NC(=O)c2ccccc2NC1=O)NCc1ccccc1Cl. The Morgan fingerprint density at radius 1 is 1.08 bits per heavy atom. The molecule has 7 heteroatoms. The third-order valence-electron chi connectivity index (χ3n) is 3.87. The number of carbonyl (C=O) groups is 3. The zero-order chi connectivity index (χ0) is 17.8. The van der Waals surface area contributed by atoms with Gasteiger partial charge in [0.15, 0.2) is 0 Å². The number of carbonyl (C=O) groups excluding carboxylic acids is 3. The first-order valence-corrected chi connectivity index (χ1v) is 8.13. The van der Waals surface area contributed by atoms with E-state index >= 15 is 0 Å². The highest BCUT2D eigenvalue weighted by Crippen LogP contribution is 2.19. The summed E-state index contributed by atoms with van der Waals surface area (Å²) < 4.78 is 0. The lowest BCUT2D eigenvalue weighted by atomic mass is 10.1. The highest BCUT2D eigenvalue weighted by molar-refractivity contribution is 6.31. The van der Waals surface area contributed by atoms with Crippen molar-refractivity contribution in [3.05, 3.63) is 64.7 Å². The van der Waals surface area contributed by atoms with E-state index in [4.69, 9.17) is 11.6 Å². The van der Waals surface area contributed by atoms with Crippen molar-refractivity contribution in [2.24, 2.45) is 0 Å². The number of nitrogens with one attached hydrogen (secondary N) is 3. The first kappa shape index (κ1) is 17.0. The normalized spacial score (nSPS) is 16.3. The lowest BCUT2D eigenvalue weighted by Gasteiger charge is -2.14. The Morgan fingerprint density at radius 3 is 2.60 bits per heavy atom. The minimum absolute atomic E-state index is 0.157. The van der Waals surface area contributed by atoms with Gasteiger partial charge in [-0.3, -0.25) is 14.4 Å². The number of fused-ring (bicyclic) bond motifs is 1. The molecule has 1 aliphatic rings. The van der Waals surface area contributed by atoms with Crippen LogP contribution < -0.4 is 16.0 Å². The molecule has 0 bridgehead atoms. The number of anilines is 1.